The average Bonchev–Trinajstić information content (AvgIpc) is 2.32. The van der Waals surface area contributed by atoms with E-state index in [0.29, 0.717) is 6.42 Å². The van der Waals surface area contributed by atoms with Crippen LogP contribution in [0.2, 0.25) is 0 Å². The maximum absolute atomic E-state index is 10.9. The van der Waals surface area contributed by atoms with E-state index >= 15 is 0 Å². The molecule has 0 radical (unpaired) electrons. The summed E-state index contributed by atoms with van der Waals surface area (Å²) in [5.41, 5.74) is 3.30. The molecule has 0 spiro atoms. The van der Waals surface area contributed by atoms with E-state index in [0.717, 1.165) is 16.9 Å². The number of carboxylic acid groups (broad SMARTS) is 1. The zero-order valence-electron chi connectivity index (χ0n) is 14.3. The van der Waals surface area contributed by atoms with E-state index in [2.05, 4.69) is 53.7 Å². The van der Waals surface area contributed by atoms with Crippen LogP contribution >= 0.6 is 0 Å². The lowest BCUT2D eigenvalue weighted by Crippen LogP contribution is -2.19. The van der Waals surface area contributed by atoms with Crippen molar-refractivity contribution in [1.29, 1.82) is 0 Å². The third-order valence-electron chi connectivity index (χ3n) is 3.65. The van der Waals surface area contributed by atoms with Crippen molar-refractivity contribution in [2.24, 2.45) is 0 Å². The molecule has 0 aliphatic rings. The Hall–Kier alpha value is -1.51. The van der Waals surface area contributed by atoms with Crippen LogP contribution in [0.3, 0.4) is 0 Å². The van der Waals surface area contributed by atoms with Crippen LogP contribution in [0.25, 0.3) is 0 Å². The molecular weight excluding hydrogens is 264 g/mol. The fourth-order valence-corrected chi connectivity index (χ4v) is 2.35. The molecule has 1 N–H and O–H groups in total. The van der Waals surface area contributed by atoms with E-state index in [1.165, 1.54) is 5.56 Å². The fourth-order valence-electron chi connectivity index (χ4n) is 2.35. The molecule has 0 unspecified atom stereocenters. The molecule has 3 nitrogen and oxygen atoms in total. The minimum Gasteiger partial charge on any atom is -0.496 e. The summed E-state index contributed by atoms with van der Waals surface area (Å²) in [6, 6.07) is 4.29. The first-order chi connectivity index (χ1) is 9.46. The zero-order chi connectivity index (χ0) is 16.4. The standard InChI is InChI=1S/C18H28O3/c1-17(2,3)13-10-12(8-9-15(19)20)16(21-7)14(11-13)18(4,5)6/h10-11H,8-9H2,1-7H3,(H,19,20). The lowest BCUT2D eigenvalue weighted by molar-refractivity contribution is -0.136. The van der Waals surface area contributed by atoms with Gasteiger partial charge in [-0.15, -0.1) is 0 Å². The lowest BCUT2D eigenvalue weighted by atomic mass is 9.78. The van der Waals surface area contributed by atoms with Crippen molar-refractivity contribution >= 4 is 5.97 Å². The van der Waals surface area contributed by atoms with Gasteiger partial charge < -0.3 is 9.84 Å². The number of methoxy groups -OCH3 is 1. The van der Waals surface area contributed by atoms with E-state index in [9.17, 15) is 4.79 Å². The van der Waals surface area contributed by atoms with Crippen LogP contribution in [0.15, 0.2) is 12.1 Å². The molecule has 0 atom stereocenters. The van der Waals surface area contributed by atoms with Crippen LogP contribution in [0.1, 0.15) is 64.7 Å². The third kappa shape index (κ3) is 4.48. The van der Waals surface area contributed by atoms with Crippen molar-refractivity contribution < 1.29 is 14.6 Å². The van der Waals surface area contributed by atoms with Gasteiger partial charge in [0.25, 0.3) is 0 Å². The summed E-state index contributed by atoms with van der Waals surface area (Å²) in [5, 5.41) is 8.96. The zero-order valence-corrected chi connectivity index (χ0v) is 14.3. The highest BCUT2D eigenvalue weighted by Crippen LogP contribution is 2.38. The van der Waals surface area contributed by atoms with Gasteiger partial charge in [0.05, 0.1) is 7.11 Å². The summed E-state index contributed by atoms with van der Waals surface area (Å²) in [7, 11) is 1.66. The maximum atomic E-state index is 10.9. The predicted octanol–water partition coefficient (Wildman–Crippen LogP) is 4.31. The monoisotopic (exact) mass is 292 g/mol. The summed E-state index contributed by atoms with van der Waals surface area (Å²) >= 11 is 0. The van der Waals surface area contributed by atoms with Gasteiger partial charge in [0.2, 0.25) is 0 Å². The summed E-state index contributed by atoms with van der Waals surface area (Å²) in [6.45, 7) is 13.0. The Bertz CT molecular complexity index is 516. The number of ether oxygens (including phenoxy) is 1. The van der Waals surface area contributed by atoms with Crippen LogP contribution in [0, 0.1) is 0 Å². The summed E-state index contributed by atoms with van der Waals surface area (Å²) in [4.78, 5) is 10.9. The first-order valence-corrected chi connectivity index (χ1v) is 7.40. The topological polar surface area (TPSA) is 46.5 Å². The number of carbonyl (C=O) groups is 1. The van der Waals surface area contributed by atoms with Gasteiger partial charge in [-0.2, -0.15) is 0 Å². The average molecular weight is 292 g/mol. The molecule has 0 fully saturated rings. The van der Waals surface area contributed by atoms with Gasteiger partial charge in [-0.1, -0.05) is 53.7 Å². The number of rotatable bonds is 4. The molecular formula is C18H28O3. The molecule has 3 heteroatoms. The Morgan fingerprint density at radius 3 is 2.05 bits per heavy atom. The Labute approximate surface area is 128 Å². The minimum atomic E-state index is -0.782. The number of aryl methyl sites for hydroxylation is 1. The molecule has 0 heterocycles. The minimum absolute atomic E-state index is 0.0181. The largest absolute Gasteiger partial charge is 0.496 e. The Morgan fingerprint density at radius 2 is 1.67 bits per heavy atom. The molecule has 118 valence electrons. The van der Waals surface area contributed by atoms with E-state index < -0.39 is 5.97 Å². The van der Waals surface area contributed by atoms with Crippen LogP contribution in [-0.2, 0) is 22.0 Å². The van der Waals surface area contributed by atoms with E-state index in [-0.39, 0.29) is 17.3 Å². The molecule has 1 aromatic rings. The Balaban J connectivity index is 3.48. The van der Waals surface area contributed by atoms with Crippen molar-refractivity contribution in [1.82, 2.24) is 0 Å². The molecule has 0 bridgehead atoms. The fraction of sp³-hybridized carbons (Fsp3) is 0.611. The number of carboxylic acids is 1. The quantitative estimate of drug-likeness (QED) is 0.899. The van der Waals surface area contributed by atoms with Gasteiger partial charge >= 0.3 is 5.97 Å². The molecule has 1 aromatic carbocycles. The molecule has 0 saturated heterocycles. The highest BCUT2D eigenvalue weighted by molar-refractivity contribution is 5.67. The van der Waals surface area contributed by atoms with Crippen molar-refractivity contribution in [2.75, 3.05) is 7.11 Å². The number of hydrogen-bond donors (Lipinski definition) is 1. The highest BCUT2D eigenvalue weighted by atomic mass is 16.5. The molecule has 1 rings (SSSR count). The summed E-state index contributed by atoms with van der Waals surface area (Å²) < 4.78 is 5.61. The molecule has 0 saturated carbocycles. The smallest absolute Gasteiger partial charge is 0.303 e. The molecule has 0 aromatic heterocycles. The molecule has 0 aliphatic heterocycles. The van der Waals surface area contributed by atoms with Gasteiger partial charge in [0, 0.05) is 12.0 Å². The maximum Gasteiger partial charge on any atom is 0.303 e. The summed E-state index contributed by atoms with van der Waals surface area (Å²) in [5.74, 6) is 0.0484. The van der Waals surface area contributed by atoms with Crippen LogP contribution in [0.4, 0.5) is 0 Å². The van der Waals surface area contributed by atoms with E-state index in [1.54, 1.807) is 7.11 Å². The highest BCUT2D eigenvalue weighted by Gasteiger charge is 2.25. The van der Waals surface area contributed by atoms with Gasteiger partial charge in [0.15, 0.2) is 0 Å². The van der Waals surface area contributed by atoms with E-state index in [4.69, 9.17) is 9.84 Å². The molecule has 0 amide bonds. The van der Waals surface area contributed by atoms with Gasteiger partial charge in [-0.25, -0.2) is 0 Å². The van der Waals surface area contributed by atoms with Crippen LogP contribution in [-0.4, -0.2) is 18.2 Å². The van der Waals surface area contributed by atoms with Crippen LogP contribution < -0.4 is 4.74 Å². The van der Waals surface area contributed by atoms with Crippen molar-refractivity contribution in [3.63, 3.8) is 0 Å². The van der Waals surface area contributed by atoms with Gasteiger partial charge in [0.1, 0.15) is 5.75 Å². The number of aliphatic carboxylic acids is 1. The van der Waals surface area contributed by atoms with E-state index in [1.807, 2.05) is 0 Å². The molecule has 21 heavy (non-hydrogen) atoms. The van der Waals surface area contributed by atoms with Crippen LogP contribution in [0.5, 0.6) is 5.75 Å². The second-order valence-electron chi connectivity index (χ2n) is 7.61. The van der Waals surface area contributed by atoms with Gasteiger partial charge in [-0.05, 0) is 28.4 Å². The number of benzene rings is 1. The normalized spacial score (nSPS) is 12.3. The first-order valence-electron chi connectivity index (χ1n) is 7.40. The predicted molar refractivity (Wildman–Crippen MR) is 86.4 cm³/mol. The summed E-state index contributed by atoms with van der Waals surface area (Å²) in [6.07, 6.45) is 0.610. The number of hydrogen-bond acceptors (Lipinski definition) is 2. The SMILES string of the molecule is COc1c(CCC(=O)O)cc(C(C)(C)C)cc1C(C)(C)C. The Kier molecular flexibility index (Phi) is 5.08. The first kappa shape index (κ1) is 17.5. The van der Waals surface area contributed by atoms with Crippen molar-refractivity contribution in [3.8, 4) is 5.75 Å². The second-order valence-corrected chi connectivity index (χ2v) is 7.61. The molecule has 0 aliphatic carbocycles. The van der Waals surface area contributed by atoms with Crippen molar-refractivity contribution in [3.05, 3.63) is 28.8 Å². The van der Waals surface area contributed by atoms with Gasteiger partial charge in [-0.3, -0.25) is 4.79 Å². The second kappa shape index (κ2) is 6.08. The third-order valence-corrected chi connectivity index (χ3v) is 3.65. The Morgan fingerprint density at radius 1 is 1.10 bits per heavy atom. The van der Waals surface area contributed by atoms with Crippen molar-refractivity contribution in [2.45, 2.75) is 65.2 Å². The lowest BCUT2D eigenvalue weighted by Gasteiger charge is -2.28.